The van der Waals surface area contributed by atoms with E-state index in [1.807, 2.05) is 6.07 Å². The van der Waals surface area contributed by atoms with Crippen LogP contribution in [-0.4, -0.2) is 40.6 Å². The zero-order valence-corrected chi connectivity index (χ0v) is 15.9. The molecule has 0 aliphatic carbocycles. The van der Waals surface area contributed by atoms with E-state index < -0.39 is 29.2 Å². The number of hydrogen-bond donors (Lipinski definition) is 0. The molecule has 0 aromatic heterocycles. The van der Waals surface area contributed by atoms with Gasteiger partial charge in [0.25, 0.3) is 0 Å². The number of carbonyl (C=O) groups excluding carboxylic acids is 2. The first-order valence-corrected chi connectivity index (χ1v) is 9.72. The van der Waals surface area contributed by atoms with Gasteiger partial charge in [-0.05, 0) is 43.5 Å². The van der Waals surface area contributed by atoms with Gasteiger partial charge in [-0.2, -0.15) is 0 Å². The number of rotatable bonds is 4. The molecule has 2 aliphatic heterocycles. The van der Waals surface area contributed by atoms with Crippen molar-refractivity contribution in [2.75, 3.05) is 22.9 Å². The summed E-state index contributed by atoms with van der Waals surface area (Å²) in [5, 5.41) is 11.7. The van der Waals surface area contributed by atoms with Gasteiger partial charge in [0.15, 0.2) is 5.66 Å². The van der Waals surface area contributed by atoms with Crippen LogP contribution in [0.2, 0.25) is 0 Å². The van der Waals surface area contributed by atoms with Crippen LogP contribution in [0, 0.1) is 10.1 Å². The Kier molecular flexibility index (Phi) is 4.92. The molecule has 1 atom stereocenters. The molecule has 2 aromatic rings. The number of para-hydroxylation sites is 2. The standard InChI is InChI=1S/C21H22N4O4/c26-19-22-15-9-3-8-14-21(22,16-23(28)29)25(18-12-6-2-7-13-18)20(27)24(19)17-10-4-1-5-11-17/h1-2,4-7,10-13H,3,8-9,14-16H2. The second-order valence-electron chi connectivity index (χ2n) is 7.34. The summed E-state index contributed by atoms with van der Waals surface area (Å²) in [7, 11) is 0. The van der Waals surface area contributed by atoms with Gasteiger partial charge in [0.2, 0.25) is 6.54 Å². The number of benzene rings is 2. The quantitative estimate of drug-likeness (QED) is 0.577. The van der Waals surface area contributed by atoms with E-state index in [0.29, 0.717) is 30.8 Å². The van der Waals surface area contributed by atoms with E-state index in [-0.39, 0.29) is 0 Å². The number of nitro groups is 1. The second-order valence-corrected chi connectivity index (χ2v) is 7.34. The van der Waals surface area contributed by atoms with Crippen LogP contribution in [0.4, 0.5) is 21.0 Å². The predicted octanol–water partition coefficient (Wildman–Crippen LogP) is 4.10. The van der Waals surface area contributed by atoms with Crippen molar-refractivity contribution in [1.29, 1.82) is 0 Å². The maximum absolute atomic E-state index is 13.7. The molecule has 0 spiro atoms. The molecule has 0 N–H and O–H groups in total. The Morgan fingerprint density at radius 2 is 1.48 bits per heavy atom. The number of urea groups is 2. The zero-order chi connectivity index (χ0) is 20.4. The van der Waals surface area contributed by atoms with E-state index in [9.17, 15) is 19.7 Å². The number of hydrogen-bond acceptors (Lipinski definition) is 4. The topological polar surface area (TPSA) is 87.0 Å². The highest BCUT2D eigenvalue weighted by Crippen LogP contribution is 2.40. The molecule has 2 aromatic carbocycles. The Morgan fingerprint density at radius 3 is 2.10 bits per heavy atom. The highest BCUT2D eigenvalue weighted by molar-refractivity contribution is 6.21. The molecule has 4 rings (SSSR count). The van der Waals surface area contributed by atoms with Gasteiger partial charge in [0, 0.05) is 17.2 Å². The smallest absolute Gasteiger partial charge is 0.294 e. The fraction of sp³-hybridized carbons (Fsp3) is 0.333. The summed E-state index contributed by atoms with van der Waals surface area (Å²) in [4.78, 5) is 42.5. The lowest BCUT2D eigenvalue weighted by molar-refractivity contribution is -0.494. The lowest BCUT2D eigenvalue weighted by atomic mass is 9.97. The molecule has 2 heterocycles. The molecule has 8 nitrogen and oxygen atoms in total. The number of carbonyl (C=O) groups is 2. The van der Waals surface area contributed by atoms with E-state index in [0.717, 1.165) is 17.7 Å². The molecular formula is C21H22N4O4. The van der Waals surface area contributed by atoms with Crippen LogP contribution in [0.25, 0.3) is 0 Å². The normalized spacial score (nSPS) is 22.3. The molecule has 4 amide bonds. The number of imide groups is 1. The minimum absolute atomic E-state index is 0.364. The lowest BCUT2D eigenvalue weighted by Gasteiger charge is -2.53. The molecule has 2 fully saturated rings. The molecule has 29 heavy (non-hydrogen) atoms. The van der Waals surface area contributed by atoms with Crippen LogP contribution in [0.1, 0.15) is 25.7 Å². The number of fused-ring (bicyclic) bond motifs is 1. The number of amides is 4. The summed E-state index contributed by atoms with van der Waals surface area (Å²) in [5.74, 6) is 0. The maximum Gasteiger partial charge on any atom is 0.339 e. The Morgan fingerprint density at radius 1 is 0.862 bits per heavy atom. The third-order valence-corrected chi connectivity index (χ3v) is 5.59. The minimum atomic E-state index is -1.32. The van der Waals surface area contributed by atoms with Crippen molar-refractivity contribution in [3.63, 3.8) is 0 Å². The van der Waals surface area contributed by atoms with Gasteiger partial charge >= 0.3 is 12.1 Å². The van der Waals surface area contributed by atoms with E-state index in [1.54, 1.807) is 54.6 Å². The monoisotopic (exact) mass is 394 g/mol. The van der Waals surface area contributed by atoms with Crippen molar-refractivity contribution in [2.24, 2.45) is 0 Å². The molecular weight excluding hydrogens is 372 g/mol. The average molecular weight is 394 g/mol. The first-order chi connectivity index (χ1) is 14.0. The number of nitrogens with zero attached hydrogens (tertiary/aromatic N) is 4. The largest absolute Gasteiger partial charge is 0.339 e. The van der Waals surface area contributed by atoms with Crippen molar-refractivity contribution in [2.45, 2.75) is 31.3 Å². The Hall–Kier alpha value is -3.42. The van der Waals surface area contributed by atoms with Crippen molar-refractivity contribution >= 4 is 23.4 Å². The molecule has 0 radical (unpaired) electrons. The summed E-state index contributed by atoms with van der Waals surface area (Å²) >= 11 is 0. The van der Waals surface area contributed by atoms with Gasteiger partial charge in [0.1, 0.15) is 0 Å². The molecule has 2 aliphatic rings. The van der Waals surface area contributed by atoms with Crippen LogP contribution in [0.3, 0.4) is 0 Å². The Balaban J connectivity index is 1.92. The van der Waals surface area contributed by atoms with Gasteiger partial charge < -0.3 is 0 Å². The predicted molar refractivity (Wildman–Crippen MR) is 108 cm³/mol. The van der Waals surface area contributed by atoms with Crippen LogP contribution in [-0.2, 0) is 0 Å². The molecule has 1 unspecified atom stereocenters. The second kappa shape index (κ2) is 7.54. The van der Waals surface area contributed by atoms with Crippen LogP contribution >= 0.6 is 0 Å². The van der Waals surface area contributed by atoms with Crippen molar-refractivity contribution < 1.29 is 14.5 Å². The molecule has 8 heteroatoms. The lowest BCUT2D eigenvalue weighted by Crippen LogP contribution is -2.76. The van der Waals surface area contributed by atoms with Gasteiger partial charge in [-0.3, -0.25) is 19.9 Å². The molecule has 0 saturated carbocycles. The van der Waals surface area contributed by atoms with Gasteiger partial charge in [-0.25, -0.2) is 14.5 Å². The highest BCUT2D eigenvalue weighted by atomic mass is 16.6. The minimum Gasteiger partial charge on any atom is -0.294 e. The van der Waals surface area contributed by atoms with Crippen LogP contribution in [0.15, 0.2) is 60.7 Å². The van der Waals surface area contributed by atoms with E-state index in [1.165, 1.54) is 9.80 Å². The molecule has 2 saturated heterocycles. The summed E-state index contributed by atoms with van der Waals surface area (Å²) in [6.45, 7) is -0.144. The Bertz CT molecular complexity index is 921. The maximum atomic E-state index is 13.7. The average Bonchev–Trinajstić information content (AvgIpc) is 2.92. The van der Waals surface area contributed by atoms with Gasteiger partial charge in [-0.1, -0.05) is 42.8 Å². The van der Waals surface area contributed by atoms with Gasteiger partial charge in [0.05, 0.1) is 5.69 Å². The Labute approximate surface area is 168 Å². The highest BCUT2D eigenvalue weighted by Gasteiger charge is 2.58. The summed E-state index contributed by atoms with van der Waals surface area (Å²) < 4.78 is 0. The van der Waals surface area contributed by atoms with Crippen LogP contribution in [0.5, 0.6) is 0 Å². The van der Waals surface area contributed by atoms with Crippen molar-refractivity contribution in [3.8, 4) is 0 Å². The number of anilines is 2. The van der Waals surface area contributed by atoms with E-state index in [2.05, 4.69) is 0 Å². The first kappa shape index (κ1) is 18.9. The summed E-state index contributed by atoms with van der Waals surface area (Å²) in [5.41, 5.74) is -0.331. The fourth-order valence-corrected chi connectivity index (χ4v) is 4.35. The summed E-state index contributed by atoms with van der Waals surface area (Å²) in [6.07, 6.45) is 2.67. The first-order valence-electron chi connectivity index (χ1n) is 9.72. The van der Waals surface area contributed by atoms with E-state index >= 15 is 0 Å². The zero-order valence-electron chi connectivity index (χ0n) is 15.9. The summed E-state index contributed by atoms with van der Waals surface area (Å²) in [6, 6.07) is 16.5. The van der Waals surface area contributed by atoms with E-state index in [4.69, 9.17) is 0 Å². The van der Waals surface area contributed by atoms with Gasteiger partial charge in [-0.15, -0.1) is 0 Å². The fourth-order valence-electron chi connectivity index (χ4n) is 4.35. The van der Waals surface area contributed by atoms with Crippen LogP contribution < -0.4 is 9.80 Å². The van der Waals surface area contributed by atoms with Crippen molar-refractivity contribution in [3.05, 3.63) is 70.8 Å². The third-order valence-electron chi connectivity index (χ3n) is 5.59. The van der Waals surface area contributed by atoms with Crippen molar-refractivity contribution in [1.82, 2.24) is 4.90 Å². The third kappa shape index (κ3) is 3.20. The molecule has 0 bridgehead atoms. The molecule has 150 valence electrons. The SMILES string of the molecule is O=C1N(c2ccccc2)C(=O)N(c2ccccc2)C2(C[N+](=O)[O-])CCCCCN12.